The summed E-state index contributed by atoms with van der Waals surface area (Å²) in [7, 11) is 0. The van der Waals surface area contributed by atoms with Crippen LogP contribution in [0.15, 0.2) is 22.7 Å². The predicted octanol–water partition coefficient (Wildman–Crippen LogP) is 3.12. The van der Waals surface area contributed by atoms with E-state index < -0.39 is 5.54 Å². The number of benzene rings is 1. The average Bonchev–Trinajstić information content (AvgIpc) is 2.50. The maximum absolute atomic E-state index is 12.7. The molecule has 0 spiro atoms. The molecule has 4 nitrogen and oxygen atoms in total. The fraction of sp³-hybridized carbons (Fsp3) is 0.429. The van der Waals surface area contributed by atoms with Crippen molar-refractivity contribution in [3.05, 3.63) is 27.7 Å². The lowest BCUT2D eigenvalue weighted by Crippen LogP contribution is -2.54. The Labute approximate surface area is 131 Å². The van der Waals surface area contributed by atoms with Crippen LogP contribution in [0.3, 0.4) is 0 Å². The smallest absolute Gasteiger partial charge is 0.252 e. The van der Waals surface area contributed by atoms with Crippen molar-refractivity contribution in [1.82, 2.24) is 5.32 Å². The summed E-state index contributed by atoms with van der Waals surface area (Å²) in [6.45, 7) is 3.96. The van der Waals surface area contributed by atoms with Crippen LogP contribution in [-0.2, 0) is 9.59 Å². The Morgan fingerprint density at radius 2 is 2.15 bits per heavy atom. The van der Waals surface area contributed by atoms with E-state index in [1.807, 2.05) is 13.0 Å². The molecule has 1 saturated heterocycles. The Bertz CT molecular complexity index is 564. The van der Waals surface area contributed by atoms with Crippen molar-refractivity contribution in [2.75, 3.05) is 11.4 Å². The van der Waals surface area contributed by atoms with Crippen LogP contribution in [0.1, 0.15) is 26.7 Å². The standard InChI is InChI=1S/C14H16BrClN2O2/c1-3-14(2)13(20)18(7-6-12(19)17-14)11-5-4-9(15)8-10(11)16/h4-5,8H,3,6-7H2,1-2H3,(H,17,19). The second kappa shape index (κ2) is 5.74. The third-order valence-corrected chi connectivity index (χ3v) is 4.40. The highest BCUT2D eigenvalue weighted by molar-refractivity contribution is 9.10. The number of hydrogen-bond donors (Lipinski definition) is 1. The highest BCUT2D eigenvalue weighted by Gasteiger charge is 2.40. The van der Waals surface area contributed by atoms with Gasteiger partial charge in [-0.3, -0.25) is 9.59 Å². The van der Waals surface area contributed by atoms with E-state index in [0.29, 0.717) is 23.7 Å². The van der Waals surface area contributed by atoms with Crippen molar-refractivity contribution in [3.8, 4) is 0 Å². The molecule has 1 N–H and O–H groups in total. The van der Waals surface area contributed by atoms with Gasteiger partial charge in [-0.1, -0.05) is 34.5 Å². The maximum Gasteiger partial charge on any atom is 0.252 e. The van der Waals surface area contributed by atoms with Gasteiger partial charge >= 0.3 is 0 Å². The molecule has 0 saturated carbocycles. The largest absolute Gasteiger partial charge is 0.342 e. The highest BCUT2D eigenvalue weighted by Crippen LogP contribution is 2.32. The number of amides is 2. The maximum atomic E-state index is 12.7. The lowest BCUT2D eigenvalue weighted by Gasteiger charge is -2.31. The zero-order chi connectivity index (χ0) is 14.9. The molecular formula is C14H16BrClN2O2. The van der Waals surface area contributed by atoms with Gasteiger partial charge in [0.15, 0.2) is 0 Å². The number of anilines is 1. The number of nitrogens with zero attached hydrogens (tertiary/aromatic N) is 1. The fourth-order valence-electron chi connectivity index (χ4n) is 2.21. The first-order chi connectivity index (χ1) is 9.37. The third kappa shape index (κ3) is 2.83. The first kappa shape index (κ1) is 15.3. The van der Waals surface area contributed by atoms with Crippen LogP contribution in [0.4, 0.5) is 5.69 Å². The van der Waals surface area contributed by atoms with Gasteiger partial charge in [-0.2, -0.15) is 0 Å². The quantitative estimate of drug-likeness (QED) is 0.882. The van der Waals surface area contributed by atoms with Gasteiger partial charge < -0.3 is 10.2 Å². The molecule has 0 bridgehead atoms. The van der Waals surface area contributed by atoms with Crippen molar-refractivity contribution in [3.63, 3.8) is 0 Å². The molecule has 0 aromatic heterocycles. The minimum atomic E-state index is -0.885. The first-order valence-electron chi connectivity index (χ1n) is 6.45. The van der Waals surface area contributed by atoms with Crippen LogP contribution in [-0.4, -0.2) is 23.9 Å². The molecule has 1 atom stereocenters. The Morgan fingerprint density at radius 1 is 1.45 bits per heavy atom. The normalized spacial score (nSPS) is 23.5. The summed E-state index contributed by atoms with van der Waals surface area (Å²) in [5.74, 6) is -0.242. The lowest BCUT2D eigenvalue weighted by molar-refractivity contribution is -0.129. The second-order valence-electron chi connectivity index (χ2n) is 5.04. The van der Waals surface area contributed by atoms with Gasteiger partial charge in [0.25, 0.3) is 5.91 Å². The minimum absolute atomic E-state index is 0.113. The minimum Gasteiger partial charge on any atom is -0.342 e. The Morgan fingerprint density at radius 3 is 2.75 bits per heavy atom. The van der Waals surface area contributed by atoms with E-state index in [1.54, 1.807) is 24.0 Å². The average molecular weight is 360 g/mol. The van der Waals surface area contributed by atoms with Crippen LogP contribution in [0.2, 0.25) is 5.02 Å². The Kier molecular flexibility index (Phi) is 4.39. The molecule has 1 heterocycles. The SMILES string of the molecule is CCC1(C)NC(=O)CCN(c2ccc(Br)cc2Cl)C1=O. The van der Waals surface area contributed by atoms with E-state index in [4.69, 9.17) is 11.6 Å². The summed E-state index contributed by atoms with van der Waals surface area (Å²) in [5, 5.41) is 3.29. The van der Waals surface area contributed by atoms with Gasteiger partial charge in [0.2, 0.25) is 5.91 Å². The Hall–Kier alpha value is -1.07. The summed E-state index contributed by atoms with van der Waals surface area (Å²) < 4.78 is 0.848. The van der Waals surface area contributed by atoms with Crippen LogP contribution in [0.25, 0.3) is 0 Å². The van der Waals surface area contributed by atoms with Gasteiger partial charge in [0.05, 0.1) is 10.7 Å². The molecule has 1 aromatic rings. The molecule has 108 valence electrons. The van der Waals surface area contributed by atoms with Gasteiger partial charge in [-0.25, -0.2) is 0 Å². The number of hydrogen-bond acceptors (Lipinski definition) is 2. The van der Waals surface area contributed by atoms with Gasteiger partial charge in [-0.05, 0) is 31.5 Å². The molecule has 20 heavy (non-hydrogen) atoms. The Balaban J connectivity index is 2.44. The molecule has 1 aliphatic rings. The number of nitrogens with one attached hydrogen (secondary N) is 1. The summed E-state index contributed by atoms with van der Waals surface area (Å²) in [5.41, 5.74) is -0.250. The van der Waals surface area contributed by atoms with E-state index in [0.717, 1.165) is 4.47 Å². The lowest BCUT2D eigenvalue weighted by atomic mass is 9.97. The molecule has 1 fully saturated rings. The van der Waals surface area contributed by atoms with Crippen LogP contribution in [0, 0.1) is 0 Å². The number of halogens is 2. The monoisotopic (exact) mass is 358 g/mol. The summed E-state index contributed by atoms with van der Waals surface area (Å²) in [6.07, 6.45) is 0.802. The van der Waals surface area contributed by atoms with Crippen LogP contribution in [0.5, 0.6) is 0 Å². The number of carbonyl (C=O) groups is 2. The highest BCUT2D eigenvalue weighted by atomic mass is 79.9. The third-order valence-electron chi connectivity index (χ3n) is 3.60. The molecule has 1 aliphatic heterocycles. The summed E-state index contributed by atoms with van der Waals surface area (Å²) in [6, 6.07) is 5.36. The van der Waals surface area contributed by atoms with Gasteiger partial charge in [-0.15, -0.1) is 0 Å². The summed E-state index contributed by atoms with van der Waals surface area (Å²) >= 11 is 9.57. The van der Waals surface area contributed by atoms with Crippen molar-refractivity contribution < 1.29 is 9.59 Å². The van der Waals surface area contributed by atoms with Crippen molar-refractivity contribution in [2.45, 2.75) is 32.2 Å². The van der Waals surface area contributed by atoms with E-state index in [-0.39, 0.29) is 18.2 Å². The first-order valence-corrected chi connectivity index (χ1v) is 7.62. The van der Waals surface area contributed by atoms with E-state index >= 15 is 0 Å². The molecule has 0 aliphatic carbocycles. The van der Waals surface area contributed by atoms with Gasteiger partial charge in [0, 0.05) is 17.4 Å². The van der Waals surface area contributed by atoms with Crippen LogP contribution >= 0.6 is 27.5 Å². The molecule has 1 aromatic carbocycles. The zero-order valence-corrected chi connectivity index (χ0v) is 13.7. The van der Waals surface area contributed by atoms with Crippen molar-refractivity contribution in [1.29, 1.82) is 0 Å². The second-order valence-corrected chi connectivity index (χ2v) is 6.36. The molecule has 0 radical (unpaired) electrons. The molecule has 1 unspecified atom stereocenters. The van der Waals surface area contributed by atoms with E-state index in [1.165, 1.54) is 0 Å². The zero-order valence-electron chi connectivity index (χ0n) is 11.4. The van der Waals surface area contributed by atoms with E-state index in [9.17, 15) is 9.59 Å². The molecule has 6 heteroatoms. The van der Waals surface area contributed by atoms with E-state index in [2.05, 4.69) is 21.2 Å². The number of carbonyl (C=O) groups excluding carboxylic acids is 2. The van der Waals surface area contributed by atoms with Crippen LogP contribution < -0.4 is 10.2 Å². The number of rotatable bonds is 2. The predicted molar refractivity (Wildman–Crippen MR) is 83.0 cm³/mol. The van der Waals surface area contributed by atoms with Crippen molar-refractivity contribution >= 4 is 45.0 Å². The summed E-state index contributed by atoms with van der Waals surface area (Å²) in [4.78, 5) is 26.1. The fourth-order valence-corrected chi connectivity index (χ4v) is 2.98. The van der Waals surface area contributed by atoms with Gasteiger partial charge in [0.1, 0.15) is 5.54 Å². The molecule has 2 rings (SSSR count). The van der Waals surface area contributed by atoms with Crippen molar-refractivity contribution in [2.24, 2.45) is 0 Å². The molecular weight excluding hydrogens is 344 g/mol. The topological polar surface area (TPSA) is 49.4 Å². The molecule has 2 amide bonds.